The average Bonchev–Trinajstić information content (AvgIpc) is 2.87. The van der Waals surface area contributed by atoms with Gasteiger partial charge < -0.3 is 9.47 Å². The predicted octanol–water partition coefficient (Wildman–Crippen LogP) is 6.73. The number of fused-ring (bicyclic) bond motifs is 1. The molecular weight excluding hydrogens is 352 g/mol. The third-order valence-corrected chi connectivity index (χ3v) is 6.26. The lowest BCUT2D eigenvalue weighted by Gasteiger charge is -2.26. The van der Waals surface area contributed by atoms with Crippen LogP contribution in [0.25, 0.3) is 0 Å². The van der Waals surface area contributed by atoms with Crippen LogP contribution in [-0.2, 0) is 17.3 Å². The molecule has 1 heterocycles. The fourth-order valence-electron chi connectivity index (χ4n) is 3.52. The first-order valence-electron chi connectivity index (χ1n) is 9.61. The summed E-state index contributed by atoms with van der Waals surface area (Å²) in [5.74, 6) is 1.95. The molecule has 2 aromatic carbocycles. The van der Waals surface area contributed by atoms with Crippen molar-refractivity contribution in [1.82, 2.24) is 0 Å². The lowest BCUT2D eigenvalue weighted by molar-refractivity contribution is 0.194. The highest BCUT2D eigenvalue weighted by atomic mass is 32.2. The molecule has 0 N–H and O–H groups in total. The lowest BCUT2D eigenvalue weighted by atomic mass is 9.85. The summed E-state index contributed by atoms with van der Waals surface area (Å²) in [7, 11) is 1.74. The van der Waals surface area contributed by atoms with E-state index in [4.69, 9.17) is 9.47 Å². The van der Waals surface area contributed by atoms with Crippen LogP contribution in [0.1, 0.15) is 65.2 Å². The first-order valence-corrected chi connectivity index (χ1v) is 10.4. The Morgan fingerprint density at radius 1 is 0.963 bits per heavy atom. The van der Waals surface area contributed by atoms with Gasteiger partial charge in [0.15, 0.2) is 4.93 Å². The predicted molar refractivity (Wildman–Crippen MR) is 115 cm³/mol. The van der Waals surface area contributed by atoms with Crippen molar-refractivity contribution < 1.29 is 9.47 Å². The summed E-state index contributed by atoms with van der Waals surface area (Å²) in [5, 5.41) is 0. The summed E-state index contributed by atoms with van der Waals surface area (Å²) in [6.45, 7) is 15.6. The maximum Gasteiger partial charge on any atom is 0.160 e. The van der Waals surface area contributed by atoms with Crippen LogP contribution in [0.15, 0.2) is 41.3 Å². The first-order chi connectivity index (χ1) is 12.4. The Kier molecular flexibility index (Phi) is 5.05. The second-order valence-electron chi connectivity index (χ2n) is 9.71. The van der Waals surface area contributed by atoms with Crippen molar-refractivity contribution in [2.75, 3.05) is 7.11 Å². The fourth-order valence-corrected chi connectivity index (χ4v) is 4.75. The van der Waals surface area contributed by atoms with Gasteiger partial charge in [0, 0.05) is 6.42 Å². The third kappa shape index (κ3) is 4.29. The van der Waals surface area contributed by atoms with Gasteiger partial charge in [-0.1, -0.05) is 71.5 Å². The minimum Gasteiger partial charge on any atom is -0.496 e. The smallest absolute Gasteiger partial charge is 0.160 e. The van der Waals surface area contributed by atoms with E-state index in [0.717, 1.165) is 17.9 Å². The van der Waals surface area contributed by atoms with Gasteiger partial charge in [0.05, 0.1) is 12.0 Å². The number of hydrogen-bond donors (Lipinski definition) is 0. The molecule has 0 fully saturated rings. The summed E-state index contributed by atoms with van der Waals surface area (Å²) in [6.07, 6.45) is 0.851. The second-order valence-corrected chi connectivity index (χ2v) is 11.2. The van der Waals surface area contributed by atoms with E-state index < -0.39 is 0 Å². The van der Waals surface area contributed by atoms with Crippen LogP contribution in [0.3, 0.4) is 0 Å². The fraction of sp³-hybridized carbons (Fsp3) is 0.500. The molecule has 2 nitrogen and oxygen atoms in total. The highest BCUT2D eigenvalue weighted by Gasteiger charge is 2.37. The number of benzene rings is 2. The van der Waals surface area contributed by atoms with E-state index in [1.807, 2.05) is 11.8 Å². The molecule has 146 valence electrons. The van der Waals surface area contributed by atoms with Gasteiger partial charge in [-0.2, -0.15) is 0 Å². The Labute approximate surface area is 168 Å². The molecule has 1 aliphatic heterocycles. The van der Waals surface area contributed by atoms with E-state index in [2.05, 4.69) is 84.9 Å². The molecule has 27 heavy (non-hydrogen) atoms. The Bertz CT molecular complexity index is 842. The van der Waals surface area contributed by atoms with Crippen LogP contribution in [0.5, 0.6) is 11.5 Å². The van der Waals surface area contributed by atoms with Crippen molar-refractivity contribution in [1.29, 1.82) is 0 Å². The average molecular weight is 385 g/mol. The molecule has 0 aliphatic carbocycles. The molecule has 0 bridgehead atoms. The molecule has 0 radical (unpaired) electrons. The minimum absolute atomic E-state index is 0.0382. The van der Waals surface area contributed by atoms with Gasteiger partial charge in [-0.05, 0) is 52.6 Å². The van der Waals surface area contributed by atoms with Gasteiger partial charge in [-0.3, -0.25) is 0 Å². The van der Waals surface area contributed by atoms with E-state index in [1.54, 1.807) is 7.11 Å². The molecule has 3 heteroatoms. The molecule has 0 saturated heterocycles. The van der Waals surface area contributed by atoms with Gasteiger partial charge in [0.25, 0.3) is 0 Å². The maximum atomic E-state index is 6.38. The van der Waals surface area contributed by atoms with Crippen molar-refractivity contribution in [3.05, 3.63) is 53.1 Å². The molecule has 1 atom stereocenters. The van der Waals surface area contributed by atoms with Crippen LogP contribution in [0.4, 0.5) is 0 Å². The van der Waals surface area contributed by atoms with Gasteiger partial charge in [0.2, 0.25) is 0 Å². The van der Waals surface area contributed by atoms with Crippen LogP contribution >= 0.6 is 11.8 Å². The van der Waals surface area contributed by atoms with Crippen LogP contribution in [-0.4, -0.2) is 12.0 Å². The number of rotatable bonds is 3. The zero-order chi connectivity index (χ0) is 20.0. The van der Waals surface area contributed by atoms with Crippen molar-refractivity contribution in [3.8, 4) is 11.5 Å². The van der Waals surface area contributed by atoms with Crippen molar-refractivity contribution >= 4 is 11.8 Å². The van der Waals surface area contributed by atoms with Crippen LogP contribution in [0.2, 0.25) is 0 Å². The highest BCUT2D eigenvalue weighted by molar-refractivity contribution is 8.00. The van der Waals surface area contributed by atoms with Crippen molar-refractivity contribution in [3.63, 3.8) is 0 Å². The zero-order valence-corrected chi connectivity index (χ0v) is 18.7. The first kappa shape index (κ1) is 20.1. The highest BCUT2D eigenvalue weighted by Crippen LogP contribution is 2.50. The zero-order valence-electron chi connectivity index (χ0n) is 17.9. The van der Waals surface area contributed by atoms with E-state index in [1.165, 1.54) is 21.6 Å². The van der Waals surface area contributed by atoms with E-state index in [0.29, 0.717) is 0 Å². The number of hydrogen-bond acceptors (Lipinski definition) is 3. The standard InChI is InChI=1S/C24H32O2S/c1-22(2,3)17-10-12-20-21(14-17)27-24(7,26-20)15-16-9-11-19(25-8)18(13-16)23(4,5)6/h9-14H,15H2,1-8H3. The van der Waals surface area contributed by atoms with E-state index in [-0.39, 0.29) is 15.8 Å². The van der Waals surface area contributed by atoms with Gasteiger partial charge >= 0.3 is 0 Å². The monoisotopic (exact) mass is 384 g/mol. The Morgan fingerprint density at radius 2 is 1.67 bits per heavy atom. The molecule has 0 saturated carbocycles. The van der Waals surface area contributed by atoms with Gasteiger partial charge in [-0.15, -0.1) is 0 Å². The molecular formula is C24H32O2S. The minimum atomic E-state index is -0.289. The van der Waals surface area contributed by atoms with Crippen LogP contribution < -0.4 is 9.47 Å². The maximum absolute atomic E-state index is 6.38. The van der Waals surface area contributed by atoms with Crippen molar-refractivity contribution in [2.45, 2.75) is 75.5 Å². The third-order valence-electron chi connectivity index (χ3n) is 5.06. The van der Waals surface area contributed by atoms with Crippen molar-refractivity contribution in [2.24, 2.45) is 0 Å². The SMILES string of the molecule is COc1ccc(CC2(C)Oc3ccc(C(C)(C)C)cc3S2)cc1C(C)(C)C. The van der Waals surface area contributed by atoms with Gasteiger partial charge in [0.1, 0.15) is 11.5 Å². The summed E-state index contributed by atoms with van der Waals surface area (Å²) in [5.41, 5.74) is 4.05. The summed E-state index contributed by atoms with van der Waals surface area (Å²) in [6, 6.07) is 13.1. The number of ether oxygens (including phenoxy) is 2. The molecule has 0 spiro atoms. The van der Waals surface area contributed by atoms with E-state index in [9.17, 15) is 0 Å². The molecule has 0 amide bonds. The molecule has 1 aliphatic rings. The summed E-state index contributed by atoms with van der Waals surface area (Å²) in [4.78, 5) is 0.956. The quantitative estimate of drug-likeness (QED) is 0.584. The normalized spacial score (nSPS) is 19.6. The number of methoxy groups -OCH3 is 1. The Balaban J connectivity index is 1.86. The summed E-state index contributed by atoms with van der Waals surface area (Å²) >= 11 is 1.83. The summed E-state index contributed by atoms with van der Waals surface area (Å²) < 4.78 is 12.0. The Morgan fingerprint density at radius 3 is 2.26 bits per heavy atom. The molecule has 3 rings (SSSR count). The topological polar surface area (TPSA) is 18.5 Å². The largest absolute Gasteiger partial charge is 0.496 e. The molecule has 1 unspecified atom stereocenters. The molecule has 2 aromatic rings. The number of thioether (sulfide) groups is 1. The molecule has 0 aromatic heterocycles. The second kappa shape index (κ2) is 6.77. The van der Waals surface area contributed by atoms with Crippen LogP contribution in [0, 0.1) is 0 Å². The Hall–Kier alpha value is -1.61. The van der Waals surface area contributed by atoms with Gasteiger partial charge in [-0.25, -0.2) is 0 Å². The lowest BCUT2D eigenvalue weighted by Crippen LogP contribution is -2.27. The van der Waals surface area contributed by atoms with E-state index >= 15 is 0 Å².